The fraction of sp³-hybridized carbons (Fsp3) is 0.294. The van der Waals surface area contributed by atoms with Crippen molar-refractivity contribution in [2.45, 2.75) is 33.6 Å². The molecule has 1 N–H and O–H groups in total. The van der Waals surface area contributed by atoms with E-state index in [-0.39, 0.29) is 5.91 Å². The van der Waals surface area contributed by atoms with Gasteiger partial charge < -0.3 is 4.42 Å². The molecule has 0 saturated heterocycles. The molecule has 21 heavy (non-hydrogen) atoms. The first-order valence-corrected chi connectivity index (χ1v) is 6.97. The highest BCUT2D eigenvalue weighted by molar-refractivity contribution is 5.95. The molecular weight excluding hydrogens is 264 g/mol. The number of hydrazone groups is 1. The minimum absolute atomic E-state index is 0.264. The zero-order chi connectivity index (χ0) is 15.4. The van der Waals surface area contributed by atoms with Crippen molar-refractivity contribution in [3.63, 3.8) is 0 Å². The van der Waals surface area contributed by atoms with Crippen molar-refractivity contribution in [2.75, 3.05) is 0 Å². The highest BCUT2D eigenvalue weighted by atomic mass is 16.3. The van der Waals surface area contributed by atoms with E-state index in [0.717, 1.165) is 5.56 Å². The van der Waals surface area contributed by atoms with E-state index in [1.165, 1.54) is 5.56 Å². The van der Waals surface area contributed by atoms with Crippen LogP contribution in [0.15, 0.2) is 39.9 Å². The summed E-state index contributed by atoms with van der Waals surface area (Å²) in [6.45, 7) is 7.87. The van der Waals surface area contributed by atoms with Crippen molar-refractivity contribution in [3.05, 3.63) is 58.5 Å². The van der Waals surface area contributed by atoms with Crippen molar-refractivity contribution in [2.24, 2.45) is 5.10 Å². The van der Waals surface area contributed by atoms with Gasteiger partial charge in [-0.1, -0.05) is 38.1 Å². The van der Waals surface area contributed by atoms with E-state index in [4.69, 9.17) is 4.42 Å². The Morgan fingerprint density at radius 1 is 1.24 bits per heavy atom. The van der Waals surface area contributed by atoms with Gasteiger partial charge in [0.15, 0.2) is 0 Å². The van der Waals surface area contributed by atoms with E-state index in [2.05, 4.69) is 36.5 Å². The average Bonchev–Trinajstić information content (AvgIpc) is 2.78. The summed E-state index contributed by atoms with van der Waals surface area (Å²) in [6, 6.07) is 9.81. The first-order valence-electron chi connectivity index (χ1n) is 6.97. The summed E-state index contributed by atoms with van der Waals surface area (Å²) in [5.74, 6) is 1.55. The van der Waals surface area contributed by atoms with Crippen LogP contribution in [0.2, 0.25) is 0 Å². The maximum absolute atomic E-state index is 11.9. The number of rotatable bonds is 4. The molecule has 0 aliphatic carbocycles. The molecule has 4 heteroatoms. The lowest BCUT2D eigenvalue weighted by Gasteiger charge is -2.04. The predicted octanol–water partition coefficient (Wildman–Crippen LogP) is 3.78. The Balaban J connectivity index is 1.99. The Labute approximate surface area is 124 Å². The molecule has 110 valence electrons. The lowest BCUT2D eigenvalue weighted by Crippen LogP contribution is -2.17. The Bertz CT molecular complexity index is 652. The zero-order valence-corrected chi connectivity index (χ0v) is 12.8. The molecule has 0 saturated carbocycles. The van der Waals surface area contributed by atoms with E-state index < -0.39 is 0 Å². The maximum Gasteiger partial charge on any atom is 0.274 e. The van der Waals surface area contributed by atoms with Crippen LogP contribution >= 0.6 is 0 Å². The molecule has 0 bridgehead atoms. The molecule has 0 atom stereocenters. The molecule has 0 aliphatic rings. The number of hydrogen-bond acceptors (Lipinski definition) is 3. The van der Waals surface area contributed by atoms with Crippen molar-refractivity contribution in [1.82, 2.24) is 5.43 Å². The number of nitrogens with one attached hydrogen (secondary N) is 1. The van der Waals surface area contributed by atoms with Gasteiger partial charge in [-0.05, 0) is 37.0 Å². The highest BCUT2D eigenvalue weighted by Gasteiger charge is 2.12. The minimum Gasteiger partial charge on any atom is -0.466 e. The lowest BCUT2D eigenvalue weighted by atomic mass is 10.0. The van der Waals surface area contributed by atoms with Gasteiger partial charge in [-0.3, -0.25) is 4.79 Å². The van der Waals surface area contributed by atoms with Crippen LogP contribution in [0, 0.1) is 13.8 Å². The molecule has 2 aromatic rings. The van der Waals surface area contributed by atoms with Gasteiger partial charge in [0.05, 0.1) is 11.8 Å². The Hall–Kier alpha value is -2.36. The summed E-state index contributed by atoms with van der Waals surface area (Å²) in [5.41, 5.74) is 5.25. The van der Waals surface area contributed by atoms with Crippen molar-refractivity contribution >= 4 is 12.1 Å². The average molecular weight is 284 g/mol. The van der Waals surface area contributed by atoms with Crippen molar-refractivity contribution in [3.8, 4) is 0 Å². The monoisotopic (exact) mass is 284 g/mol. The van der Waals surface area contributed by atoms with Gasteiger partial charge in [-0.2, -0.15) is 5.10 Å². The first kappa shape index (κ1) is 15.0. The fourth-order valence-corrected chi connectivity index (χ4v) is 2.05. The van der Waals surface area contributed by atoms with Gasteiger partial charge in [0.1, 0.15) is 11.5 Å². The molecule has 0 spiro atoms. The summed E-state index contributed by atoms with van der Waals surface area (Å²) >= 11 is 0. The number of aryl methyl sites for hydroxylation is 2. The summed E-state index contributed by atoms with van der Waals surface area (Å²) in [6.07, 6.45) is 1.63. The normalized spacial score (nSPS) is 11.3. The molecule has 0 unspecified atom stereocenters. The standard InChI is InChI=1S/C17H20N2O2/c1-11(2)15-7-5-14(6-8-15)10-18-19-17(20)16-9-12(3)21-13(16)4/h5-11H,1-4H3,(H,19,20)/b18-10+. The van der Waals surface area contributed by atoms with Crippen LogP contribution in [-0.4, -0.2) is 12.1 Å². The van der Waals surface area contributed by atoms with E-state index >= 15 is 0 Å². The summed E-state index contributed by atoms with van der Waals surface area (Å²) in [5, 5.41) is 3.98. The molecular formula is C17H20N2O2. The second-order valence-corrected chi connectivity index (χ2v) is 5.35. The Morgan fingerprint density at radius 2 is 1.90 bits per heavy atom. The van der Waals surface area contributed by atoms with Crippen LogP contribution in [0.3, 0.4) is 0 Å². The molecule has 4 nitrogen and oxygen atoms in total. The summed E-state index contributed by atoms with van der Waals surface area (Å²) < 4.78 is 5.32. The largest absolute Gasteiger partial charge is 0.466 e. The number of carbonyl (C=O) groups is 1. The van der Waals surface area contributed by atoms with E-state index in [9.17, 15) is 4.79 Å². The molecule has 0 radical (unpaired) electrons. The van der Waals surface area contributed by atoms with Crippen molar-refractivity contribution < 1.29 is 9.21 Å². The molecule has 1 aromatic carbocycles. The first-order chi connectivity index (χ1) is 9.97. The summed E-state index contributed by atoms with van der Waals surface area (Å²) in [4.78, 5) is 11.9. The van der Waals surface area contributed by atoms with Gasteiger partial charge in [-0.25, -0.2) is 5.43 Å². The summed E-state index contributed by atoms with van der Waals surface area (Å²) in [7, 11) is 0. The quantitative estimate of drug-likeness (QED) is 0.686. The van der Waals surface area contributed by atoms with E-state index in [0.29, 0.717) is 23.0 Å². The number of benzene rings is 1. The van der Waals surface area contributed by atoms with Crippen LogP contribution in [0.4, 0.5) is 0 Å². The minimum atomic E-state index is -0.264. The lowest BCUT2D eigenvalue weighted by molar-refractivity contribution is 0.0953. The Morgan fingerprint density at radius 3 is 2.43 bits per heavy atom. The number of hydrogen-bond donors (Lipinski definition) is 1. The topological polar surface area (TPSA) is 54.6 Å². The SMILES string of the molecule is Cc1cc(C(=O)N/N=C/c2ccc(C(C)C)cc2)c(C)o1. The number of carbonyl (C=O) groups excluding carboxylic acids is 1. The fourth-order valence-electron chi connectivity index (χ4n) is 2.05. The molecule has 1 amide bonds. The van der Waals surface area contributed by atoms with Crippen LogP contribution < -0.4 is 5.43 Å². The highest BCUT2D eigenvalue weighted by Crippen LogP contribution is 2.14. The van der Waals surface area contributed by atoms with Crippen LogP contribution in [-0.2, 0) is 0 Å². The molecule has 0 aliphatic heterocycles. The Kier molecular flexibility index (Phi) is 4.58. The van der Waals surface area contributed by atoms with Gasteiger partial charge in [-0.15, -0.1) is 0 Å². The number of amides is 1. The maximum atomic E-state index is 11.9. The number of nitrogens with zero attached hydrogens (tertiary/aromatic N) is 1. The third-order valence-corrected chi connectivity index (χ3v) is 3.27. The third-order valence-electron chi connectivity index (χ3n) is 3.27. The number of furan rings is 1. The second kappa shape index (κ2) is 6.39. The zero-order valence-electron chi connectivity index (χ0n) is 12.8. The van der Waals surface area contributed by atoms with Crippen LogP contribution in [0.5, 0.6) is 0 Å². The van der Waals surface area contributed by atoms with Crippen LogP contribution in [0.25, 0.3) is 0 Å². The second-order valence-electron chi connectivity index (χ2n) is 5.35. The molecule has 0 fully saturated rings. The van der Waals surface area contributed by atoms with E-state index in [1.54, 1.807) is 19.2 Å². The predicted molar refractivity (Wildman–Crippen MR) is 83.8 cm³/mol. The van der Waals surface area contributed by atoms with Crippen LogP contribution in [0.1, 0.15) is 52.8 Å². The van der Waals surface area contributed by atoms with Crippen molar-refractivity contribution in [1.29, 1.82) is 0 Å². The van der Waals surface area contributed by atoms with Gasteiger partial charge in [0.25, 0.3) is 5.91 Å². The smallest absolute Gasteiger partial charge is 0.274 e. The van der Waals surface area contributed by atoms with Gasteiger partial charge in [0.2, 0.25) is 0 Å². The third kappa shape index (κ3) is 3.81. The molecule has 1 aromatic heterocycles. The van der Waals surface area contributed by atoms with Gasteiger partial charge in [0, 0.05) is 0 Å². The van der Waals surface area contributed by atoms with E-state index in [1.807, 2.05) is 19.1 Å². The molecule has 1 heterocycles. The van der Waals surface area contributed by atoms with Gasteiger partial charge >= 0.3 is 0 Å². The molecule has 2 rings (SSSR count).